The summed E-state index contributed by atoms with van der Waals surface area (Å²) in [4.78, 5) is 31.7. The Morgan fingerprint density at radius 1 is 1.32 bits per heavy atom. The predicted octanol–water partition coefficient (Wildman–Crippen LogP) is 2.63. The van der Waals surface area contributed by atoms with Crippen molar-refractivity contribution in [3.05, 3.63) is 44.6 Å². The molecule has 8 heteroatoms. The second-order valence-corrected chi connectivity index (χ2v) is 7.00. The minimum atomic E-state index is -0.368. The third-order valence-electron chi connectivity index (χ3n) is 4.14. The molecular weight excluding hydrogens is 338 g/mol. The second-order valence-electron chi connectivity index (χ2n) is 5.88. The summed E-state index contributed by atoms with van der Waals surface area (Å²) in [7, 11) is 0. The minimum absolute atomic E-state index is 0.255. The van der Waals surface area contributed by atoms with E-state index in [1.807, 2.05) is 19.9 Å². The number of nitrogens with zero attached hydrogens (tertiary/aromatic N) is 4. The second kappa shape index (κ2) is 6.79. The summed E-state index contributed by atoms with van der Waals surface area (Å²) in [5, 5.41) is 4.71. The van der Waals surface area contributed by atoms with Crippen molar-refractivity contribution in [1.29, 1.82) is 0 Å². The normalized spacial score (nSPS) is 11.2. The third-order valence-corrected chi connectivity index (χ3v) is 5.23. The number of thiophene rings is 1. The van der Waals surface area contributed by atoms with Crippen LogP contribution in [0, 0.1) is 13.8 Å². The van der Waals surface area contributed by atoms with Crippen molar-refractivity contribution in [2.75, 3.05) is 5.43 Å². The first kappa shape index (κ1) is 17.3. The molecule has 1 N–H and O–H groups in total. The highest BCUT2D eigenvalue weighted by Crippen LogP contribution is 2.22. The van der Waals surface area contributed by atoms with Crippen LogP contribution in [0.25, 0.3) is 10.2 Å². The first-order chi connectivity index (χ1) is 12.0. The number of aryl methyl sites for hydroxylation is 3. The van der Waals surface area contributed by atoms with Gasteiger partial charge in [-0.1, -0.05) is 13.3 Å². The number of aromatic nitrogens is 4. The molecule has 3 rings (SSSR count). The van der Waals surface area contributed by atoms with E-state index in [0.29, 0.717) is 28.1 Å². The van der Waals surface area contributed by atoms with Crippen LogP contribution in [0.3, 0.4) is 0 Å². The quantitative estimate of drug-likeness (QED) is 0.759. The molecule has 0 aliphatic heterocycles. The Morgan fingerprint density at radius 3 is 2.72 bits per heavy atom. The van der Waals surface area contributed by atoms with Crippen molar-refractivity contribution in [3.63, 3.8) is 0 Å². The van der Waals surface area contributed by atoms with Crippen LogP contribution in [0.1, 0.15) is 47.0 Å². The summed E-state index contributed by atoms with van der Waals surface area (Å²) in [6.07, 6.45) is 3.45. The SMILES string of the molecule is CCCc1cc2c(=O)n(NC(=O)c3cnn(CC)c3C)c(C)nc2s1. The molecule has 3 aromatic rings. The van der Waals surface area contributed by atoms with E-state index in [2.05, 4.69) is 22.4 Å². The minimum Gasteiger partial charge on any atom is -0.269 e. The van der Waals surface area contributed by atoms with Crippen molar-refractivity contribution < 1.29 is 4.79 Å². The van der Waals surface area contributed by atoms with Gasteiger partial charge in [-0.2, -0.15) is 5.10 Å². The Labute approximate surface area is 149 Å². The molecule has 0 spiro atoms. The number of carbonyl (C=O) groups excluding carboxylic acids is 1. The van der Waals surface area contributed by atoms with E-state index in [4.69, 9.17) is 0 Å². The molecule has 0 saturated carbocycles. The van der Waals surface area contributed by atoms with E-state index in [0.717, 1.165) is 23.4 Å². The van der Waals surface area contributed by atoms with Gasteiger partial charge in [-0.3, -0.25) is 19.7 Å². The molecule has 0 fully saturated rings. The van der Waals surface area contributed by atoms with Gasteiger partial charge in [0, 0.05) is 17.1 Å². The maximum atomic E-state index is 12.8. The van der Waals surface area contributed by atoms with Crippen LogP contribution in [0.2, 0.25) is 0 Å². The summed E-state index contributed by atoms with van der Waals surface area (Å²) in [6, 6.07) is 1.88. The van der Waals surface area contributed by atoms with Gasteiger partial charge >= 0.3 is 0 Å². The van der Waals surface area contributed by atoms with Crippen molar-refractivity contribution >= 4 is 27.5 Å². The number of nitrogens with one attached hydrogen (secondary N) is 1. The molecule has 7 nitrogen and oxygen atoms in total. The number of rotatable bonds is 5. The first-order valence-electron chi connectivity index (χ1n) is 8.32. The summed E-state index contributed by atoms with van der Waals surface area (Å²) in [5.41, 5.74) is 3.62. The van der Waals surface area contributed by atoms with Gasteiger partial charge in [-0.15, -0.1) is 11.3 Å². The van der Waals surface area contributed by atoms with Crippen LogP contribution in [0.15, 0.2) is 17.1 Å². The molecule has 0 atom stereocenters. The van der Waals surface area contributed by atoms with E-state index in [1.54, 1.807) is 11.6 Å². The van der Waals surface area contributed by atoms with Gasteiger partial charge in [0.05, 0.1) is 17.1 Å². The molecule has 0 aliphatic carbocycles. The molecule has 25 heavy (non-hydrogen) atoms. The van der Waals surface area contributed by atoms with Crippen LogP contribution in [0.5, 0.6) is 0 Å². The molecule has 0 bridgehead atoms. The Morgan fingerprint density at radius 2 is 2.08 bits per heavy atom. The van der Waals surface area contributed by atoms with Crippen LogP contribution in [-0.2, 0) is 13.0 Å². The van der Waals surface area contributed by atoms with Gasteiger partial charge in [-0.05, 0) is 33.3 Å². The maximum Gasteiger partial charge on any atom is 0.281 e. The number of fused-ring (bicyclic) bond motifs is 1. The number of amides is 1. The Kier molecular flexibility index (Phi) is 4.71. The third kappa shape index (κ3) is 3.09. The molecule has 3 aromatic heterocycles. The van der Waals surface area contributed by atoms with Gasteiger partial charge in [0.15, 0.2) is 0 Å². The predicted molar refractivity (Wildman–Crippen MR) is 98.9 cm³/mol. The maximum absolute atomic E-state index is 12.8. The summed E-state index contributed by atoms with van der Waals surface area (Å²) < 4.78 is 2.96. The molecule has 0 aliphatic rings. The monoisotopic (exact) mass is 359 g/mol. The summed E-state index contributed by atoms with van der Waals surface area (Å²) in [6.45, 7) is 8.28. The Hall–Kier alpha value is -2.48. The molecule has 0 saturated heterocycles. The molecule has 1 amide bonds. The fourth-order valence-corrected chi connectivity index (χ4v) is 3.95. The topological polar surface area (TPSA) is 81.8 Å². The molecule has 132 valence electrons. The lowest BCUT2D eigenvalue weighted by atomic mass is 10.2. The van der Waals surface area contributed by atoms with Gasteiger partial charge in [0.25, 0.3) is 11.5 Å². The number of hydrogen-bond acceptors (Lipinski definition) is 5. The molecule has 3 heterocycles. The molecule has 0 radical (unpaired) electrons. The highest BCUT2D eigenvalue weighted by atomic mass is 32.1. The van der Waals surface area contributed by atoms with E-state index in [1.165, 1.54) is 22.2 Å². The zero-order valence-corrected chi connectivity index (χ0v) is 15.6. The first-order valence-corrected chi connectivity index (χ1v) is 9.13. The lowest BCUT2D eigenvalue weighted by Crippen LogP contribution is -2.35. The van der Waals surface area contributed by atoms with Crippen LogP contribution < -0.4 is 11.0 Å². The van der Waals surface area contributed by atoms with E-state index in [-0.39, 0.29) is 11.5 Å². The highest BCUT2D eigenvalue weighted by molar-refractivity contribution is 7.18. The van der Waals surface area contributed by atoms with E-state index >= 15 is 0 Å². The Balaban J connectivity index is 1.99. The fraction of sp³-hybridized carbons (Fsp3) is 0.412. The van der Waals surface area contributed by atoms with E-state index in [9.17, 15) is 9.59 Å². The standard InChI is InChI=1S/C17H21N5O2S/c1-5-7-12-8-13-16(25-12)19-11(4)22(17(13)24)20-15(23)14-9-18-21(6-2)10(14)3/h8-9H,5-7H2,1-4H3,(H,20,23). The van der Waals surface area contributed by atoms with Crippen LogP contribution in [-0.4, -0.2) is 25.3 Å². The summed E-state index contributed by atoms with van der Waals surface area (Å²) in [5.74, 6) is 0.0869. The zero-order chi connectivity index (χ0) is 18.1. The van der Waals surface area contributed by atoms with Crippen molar-refractivity contribution in [2.24, 2.45) is 0 Å². The van der Waals surface area contributed by atoms with Crippen molar-refractivity contribution in [3.8, 4) is 0 Å². The van der Waals surface area contributed by atoms with Gasteiger partial charge in [-0.25, -0.2) is 9.66 Å². The van der Waals surface area contributed by atoms with Crippen LogP contribution >= 0.6 is 11.3 Å². The molecule has 0 unspecified atom stereocenters. The van der Waals surface area contributed by atoms with Gasteiger partial charge < -0.3 is 0 Å². The van der Waals surface area contributed by atoms with Crippen LogP contribution in [0.4, 0.5) is 0 Å². The average molecular weight is 359 g/mol. The number of carbonyl (C=O) groups is 1. The van der Waals surface area contributed by atoms with Crippen molar-refractivity contribution in [1.82, 2.24) is 19.4 Å². The smallest absolute Gasteiger partial charge is 0.269 e. The van der Waals surface area contributed by atoms with E-state index < -0.39 is 0 Å². The highest BCUT2D eigenvalue weighted by Gasteiger charge is 2.17. The lowest BCUT2D eigenvalue weighted by Gasteiger charge is -2.10. The molecule has 0 aromatic carbocycles. The van der Waals surface area contributed by atoms with Gasteiger partial charge in [0.2, 0.25) is 0 Å². The molecular formula is C17H21N5O2S. The van der Waals surface area contributed by atoms with Crippen molar-refractivity contribution in [2.45, 2.75) is 47.1 Å². The zero-order valence-electron chi connectivity index (χ0n) is 14.8. The largest absolute Gasteiger partial charge is 0.281 e. The average Bonchev–Trinajstić information content (AvgIpc) is 3.14. The van der Waals surface area contributed by atoms with Gasteiger partial charge in [0.1, 0.15) is 10.7 Å². The summed E-state index contributed by atoms with van der Waals surface area (Å²) >= 11 is 1.53. The number of hydrogen-bond donors (Lipinski definition) is 1. The Bertz CT molecular complexity index is 999. The lowest BCUT2D eigenvalue weighted by molar-refractivity contribution is 0.101. The fourth-order valence-electron chi connectivity index (χ4n) is 2.78.